The van der Waals surface area contributed by atoms with Crippen LogP contribution in [0.5, 0.6) is 5.75 Å². The van der Waals surface area contributed by atoms with Crippen LogP contribution in [0.25, 0.3) is 0 Å². The maximum absolute atomic E-state index is 12.9. The van der Waals surface area contributed by atoms with Crippen LogP contribution in [0.4, 0.5) is 23.1 Å². The topological polar surface area (TPSA) is 125 Å². The van der Waals surface area contributed by atoms with Gasteiger partial charge in [-0.1, -0.05) is 29.8 Å². The molecule has 0 spiro atoms. The predicted molar refractivity (Wildman–Crippen MR) is 117 cm³/mol. The number of hydrogen-bond donors (Lipinski definition) is 4. The monoisotopic (exact) mass is 439 g/mol. The van der Waals surface area contributed by atoms with Crippen molar-refractivity contribution in [3.63, 3.8) is 0 Å². The highest BCUT2D eigenvalue weighted by Gasteiger charge is 2.34. The standard InChI is InChI=1S/C21H18ClN5O4/c1-31-15-8-3-2-7-14(15)24-21-26-18-17(20(30)27-21)13(10-16(28)25-18)19(29)23-12-6-4-5-11(22)9-12/h2-9,13H,10H2,1H3,(H,23,29)(H3,24,25,26,27,28,30). The van der Waals surface area contributed by atoms with E-state index in [1.807, 2.05) is 0 Å². The zero-order chi connectivity index (χ0) is 22.0. The van der Waals surface area contributed by atoms with E-state index < -0.39 is 23.3 Å². The molecule has 1 atom stereocenters. The number of fused-ring (bicyclic) bond motifs is 1. The van der Waals surface area contributed by atoms with Crippen molar-refractivity contribution in [3.05, 3.63) is 69.5 Å². The van der Waals surface area contributed by atoms with Gasteiger partial charge in [0.25, 0.3) is 5.56 Å². The van der Waals surface area contributed by atoms with Crippen LogP contribution >= 0.6 is 11.6 Å². The lowest BCUT2D eigenvalue weighted by atomic mass is 9.92. The normalized spacial score (nSPS) is 14.9. The highest BCUT2D eigenvalue weighted by Crippen LogP contribution is 2.31. The summed E-state index contributed by atoms with van der Waals surface area (Å²) in [5.74, 6) is -1.24. The lowest BCUT2D eigenvalue weighted by molar-refractivity contribution is -0.123. The molecule has 0 bridgehead atoms. The van der Waals surface area contributed by atoms with Crippen LogP contribution in [0.1, 0.15) is 17.9 Å². The highest BCUT2D eigenvalue weighted by atomic mass is 35.5. The van der Waals surface area contributed by atoms with Crippen molar-refractivity contribution in [3.8, 4) is 5.75 Å². The number of amides is 2. The van der Waals surface area contributed by atoms with Crippen LogP contribution in [-0.2, 0) is 9.59 Å². The summed E-state index contributed by atoms with van der Waals surface area (Å²) in [6.07, 6.45) is -0.177. The molecule has 9 nitrogen and oxygen atoms in total. The number of halogens is 1. The van der Waals surface area contributed by atoms with Crippen molar-refractivity contribution in [1.82, 2.24) is 9.97 Å². The minimum atomic E-state index is -1.00. The summed E-state index contributed by atoms with van der Waals surface area (Å²) in [5, 5.41) is 8.68. The summed E-state index contributed by atoms with van der Waals surface area (Å²) < 4.78 is 5.28. The van der Waals surface area contributed by atoms with Gasteiger partial charge in [0.2, 0.25) is 17.8 Å². The Bertz CT molecular complexity index is 1230. The molecule has 4 N–H and O–H groups in total. The Labute approximate surface area is 181 Å². The molecule has 0 saturated carbocycles. The first-order chi connectivity index (χ1) is 14.9. The predicted octanol–water partition coefficient (Wildman–Crippen LogP) is 3.24. The SMILES string of the molecule is COc1ccccc1Nc1nc2c(c(=O)[nH]1)C(C(=O)Nc1cccc(Cl)c1)CC(=O)N2. The lowest BCUT2D eigenvalue weighted by Gasteiger charge is -2.23. The van der Waals surface area contributed by atoms with Gasteiger partial charge in [-0.25, -0.2) is 0 Å². The van der Waals surface area contributed by atoms with E-state index in [0.29, 0.717) is 22.1 Å². The zero-order valence-electron chi connectivity index (χ0n) is 16.4. The maximum Gasteiger partial charge on any atom is 0.258 e. The fourth-order valence-corrected chi connectivity index (χ4v) is 3.52. The van der Waals surface area contributed by atoms with E-state index >= 15 is 0 Å². The molecule has 1 unspecified atom stereocenters. The van der Waals surface area contributed by atoms with Crippen LogP contribution in [0, 0.1) is 0 Å². The molecule has 4 rings (SSSR count). The third-order valence-electron chi connectivity index (χ3n) is 4.72. The van der Waals surface area contributed by atoms with Gasteiger partial charge in [-0.2, -0.15) is 4.98 Å². The van der Waals surface area contributed by atoms with Crippen LogP contribution in [0.3, 0.4) is 0 Å². The summed E-state index contributed by atoms with van der Waals surface area (Å²) in [7, 11) is 1.52. The third-order valence-corrected chi connectivity index (χ3v) is 4.95. The number of hydrogen-bond acceptors (Lipinski definition) is 6. The van der Waals surface area contributed by atoms with Crippen molar-refractivity contribution < 1.29 is 14.3 Å². The number of benzene rings is 2. The molecule has 0 radical (unpaired) electrons. The van der Waals surface area contributed by atoms with Gasteiger partial charge in [-0.3, -0.25) is 19.4 Å². The summed E-state index contributed by atoms with van der Waals surface area (Å²) in [4.78, 5) is 44.8. The second kappa shape index (κ2) is 8.49. The van der Waals surface area contributed by atoms with E-state index in [2.05, 4.69) is 25.9 Å². The lowest BCUT2D eigenvalue weighted by Crippen LogP contribution is -2.36. The molecule has 158 valence electrons. The Kier molecular flexibility index (Phi) is 5.59. The minimum absolute atomic E-state index is 0.0312. The zero-order valence-corrected chi connectivity index (χ0v) is 17.1. The van der Waals surface area contributed by atoms with Gasteiger partial charge < -0.3 is 20.7 Å². The van der Waals surface area contributed by atoms with Gasteiger partial charge in [0, 0.05) is 17.1 Å². The fourth-order valence-electron chi connectivity index (χ4n) is 3.33. The summed E-state index contributed by atoms with van der Waals surface area (Å²) in [6, 6.07) is 13.7. The molecular formula is C21H18ClN5O4. The van der Waals surface area contributed by atoms with Gasteiger partial charge >= 0.3 is 0 Å². The van der Waals surface area contributed by atoms with Crippen LogP contribution in [0.2, 0.25) is 5.02 Å². The Hall–Kier alpha value is -3.85. The molecular weight excluding hydrogens is 422 g/mol. The molecule has 1 aromatic heterocycles. The number of anilines is 4. The van der Waals surface area contributed by atoms with Crippen molar-refractivity contribution in [1.29, 1.82) is 0 Å². The summed E-state index contributed by atoms with van der Waals surface area (Å²) in [6.45, 7) is 0. The largest absolute Gasteiger partial charge is 0.495 e. The van der Waals surface area contributed by atoms with E-state index in [1.54, 1.807) is 48.5 Å². The van der Waals surface area contributed by atoms with Crippen LogP contribution in [-0.4, -0.2) is 28.9 Å². The highest BCUT2D eigenvalue weighted by molar-refractivity contribution is 6.30. The molecule has 3 aromatic rings. The quantitative estimate of drug-likeness (QED) is 0.483. The number of H-pyrrole nitrogens is 1. The molecule has 1 aliphatic rings. The first-order valence-corrected chi connectivity index (χ1v) is 9.73. The number of ether oxygens (including phenoxy) is 1. The Morgan fingerprint density at radius 1 is 1.19 bits per heavy atom. The molecule has 0 fully saturated rings. The fraction of sp³-hybridized carbons (Fsp3) is 0.143. The second-order valence-electron chi connectivity index (χ2n) is 6.81. The van der Waals surface area contributed by atoms with Gasteiger partial charge in [0.1, 0.15) is 11.6 Å². The Balaban J connectivity index is 1.65. The molecule has 10 heteroatoms. The number of nitrogens with zero attached hydrogens (tertiary/aromatic N) is 1. The number of rotatable bonds is 5. The van der Waals surface area contributed by atoms with Gasteiger partial charge in [-0.05, 0) is 30.3 Å². The molecule has 2 heterocycles. The minimum Gasteiger partial charge on any atom is -0.495 e. The number of aromatic amines is 1. The summed E-state index contributed by atoms with van der Waals surface area (Å²) in [5.41, 5.74) is 0.590. The molecule has 0 saturated heterocycles. The summed E-state index contributed by atoms with van der Waals surface area (Å²) >= 11 is 5.95. The van der Waals surface area contributed by atoms with Gasteiger partial charge in [-0.15, -0.1) is 0 Å². The van der Waals surface area contributed by atoms with Gasteiger partial charge in [0.05, 0.1) is 24.3 Å². The maximum atomic E-state index is 12.9. The molecule has 0 aliphatic carbocycles. The van der Waals surface area contributed by atoms with E-state index in [9.17, 15) is 14.4 Å². The van der Waals surface area contributed by atoms with E-state index in [-0.39, 0.29) is 23.8 Å². The van der Waals surface area contributed by atoms with Crippen molar-refractivity contribution in [2.75, 3.05) is 23.1 Å². The number of aromatic nitrogens is 2. The number of carbonyl (C=O) groups is 2. The smallest absolute Gasteiger partial charge is 0.258 e. The first kappa shape index (κ1) is 20.4. The number of nitrogens with one attached hydrogen (secondary N) is 4. The molecule has 31 heavy (non-hydrogen) atoms. The van der Waals surface area contributed by atoms with Crippen LogP contribution < -0.4 is 26.2 Å². The van der Waals surface area contributed by atoms with Gasteiger partial charge in [0.15, 0.2) is 0 Å². The Morgan fingerprint density at radius 2 is 2.00 bits per heavy atom. The van der Waals surface area contributed by atoms with Crippen molar-refractivity contribution in [2.24, 2.45) is 0 Å². The second-order valence-corrected chi connectivity index (χ2v) is 7.24. The third kappa shape index (κ3) is 4.36. The first-order valence-electron chi connectivity index (χ1n) is 9.35. The average Bonchev–Trinajstić information content (AvgIpc) is 2.73. The number of carbonyl (C=O) groups excluding carboxylic acids is 2. The average molecular weight is 440 g/mol. The van der Waals surface area contributed by atoms with Crippen LogP contribution in [0.15, 0.2) is 53.3 Å². The van der Waals surface area contributed by atoms with Crippen molar-refractivity contribution in [2.45, 2.75) is 12.3 Å². The Morgan fingerprint density at radius 3 is 2.77 bits per heavy atom. The molecule has 2 aromatic carbocycles. The van der Waals surface area contributed by atoms with E-state index in [4.69, 9.17) is 16.3 Å². The van der Waals surface area contributed by atoms with E-state index in [1.165, 1.54) is 7.11 Å². The molecule has 1 aliphatic heterocycles. The number of methoxy groups -OCH3 is 1. The molecule has 2 amide bonds. The number of para-hydroxylation sites is 2. The van der Waals surface area contributed by atoms with Crippen molar-refractivity contribution >= 4 is 46.6 Å². The van der Waals surface area contributed by atoms with E-state index in [0.717, 1.165) is 0 Å².